The second-order valence-corrected chi connectivity index (χ2v) is 4.52. The molecular weight excluding hydrogens is 256 g/mol. The molecule has 2 aromatic rings. The maximum absolute atomic E-state index is 9.63. The highest BCUT2D eigenvalue weighted by Crippen LogP contribution is 2.25. The number of ether oxygens (including phenoxy) is 1. The maximum atomic E-state index is 9.63. The molecule has 3 rings (SSSR count). The van der Waals surface area contributed by atoms with Crippen molar-refractivity contribution in [2.45, 2.75) is 0 Å². The fourth-order valence-electron chi connectivity index (χ4n) is 2.07. The minimum atomic E-state index is 0.156. The molecule has 0 unspecified atom stereocenters. The molecule has 5 heteroatoms. The topological polar surface area (TPSA) is 58.2 Å². The SMILES string of the molecule is Oc1ccccc1N=Cc1ccc(N2CCOCC2)o1. The lowest BCUT2D eigenvalue weighted by Crippen LogP contribution is -2.35. The molecule has 0 bridgehead atoms. The monoisotopic (exact) mass is 272 g/mol. The van der Waals surface area contributed by atoms with Crippen LogP contribution in [-0.4, -0.2) is 37.6 Å². The highest BCUT2D eigenvalue weighted by molar-refractivity contribution is 5.80. The molecule has 104 valence electrons. The van der Waals surface area contributed by atoms with E-state index in [1.54, 1.807) is 24.4 Å². The van der Waals surface area contributed by atoms with Crippen molar-refractivity contribution in [3.8, 4) is 5.75 Å². The third kappa shape index (κ3) is 2.83. The molecule has 2 heterocycles. The van der Waals surface area contributed by atoms with Crippen LogP contribution in [0.2, 0.25) is 0 Å². The smallest absolute Gasteiger partial charge is 0.196 e. The second-order valence-electron chi connectivity index (χ2n) is 4.52. The summed E-state index contributed by atoms with van der Waals surface area (Å²) in [7, 11) is 0. The van der Waals surface area contributed by atoms with E-state index in [0.29, 0.717) is 11.4 Å². The molecule has 0 atom stereocenters. The van der Waals surface area contributed by atoms with E-state index in [1.807, 2.05) is 18.2 Å². The number of benzene rings is 1. The number of rotatable bonds is 3. The Morgan fingerprint density at radius 1 is 1.10 bits per heavy atom. The lowest BCUT2D eigenvalue weighted by Gasteiger charge is -2.26. The standard InChI is InChI=1S/C15H16N2O3/c18-14-4-2-1-3-13(14)16-11-12-5-6-15(20-12)17-7-9-19-10-8-17/h1-6,11,18H,7-10H2. The normalized spacial score (nSPS) is 15.9. The number of hydrogen-bond acceptors (Lipinski definition) is 5. The quantitative estimate of drug-likeness (QED) is 0.872. The first-order valence-corrected chi connectivity index (χ1v) is 6.57. The van der Waals surface area contributed by atoms with E-state index in [9.17, 15) is 5.11 Å². The van der Waals surface area contributed by atoms with Crippen LogP contribution in [0.4, 0.5) is 11.6 Å². The largest absolute Gasteiger partial charge is 0.506 e. The number of para-hydroxylation sites is 2. The average Bonchev–Trinajstić information content (AvgIpc) is 2.96. The van der Waals surface area contributed by atoms with Crippen LogP contribution in [0.25, 0.3) is 0 Å². The van der Waals surface area contributed by atoms with E-state index >= 15 is 0 Å². The average molecular weight is 272 g/mol. The van der Waals surface area contributed by atoms with Crippen molar-refractivity contribution >= 4 is 17.8 Å². The van der Waals surface area contributed by atoms with Gasteiger partial charge in [-0.15, -0.1) is 0 Å². The third-order valence-corrected chi connectivity index (χ3v) is 3.15. The second kappa shape index (κ2) is 5.79. The van der Waals surface area contributed by atoms with Gasteiger partial charge >= 0.3 is 0 Å². The maximum Gasteiger partial charge on any atom is 0.196 e. The Labute approximate surface area is 117 Å². The van der Waals surface area contributed by atoms with Crippen LogP contribution >= 0.6 is 0 Å². The molecule has 0 spiro atoms. The van der Waals surface area contributed by atoms with Crippen molar-refractivity contribution < 1.29 is 14.3 Å². The lowest BCUT2D eigenvalue weighted by molar-refractivity contribution is 0.120. The van der Waals surface area contributed by atoms with Gasteiger partial charge in [-0.1, -0.05) is 12.1 Å². The fraction of sp³-hybridized carbons (Fsp3) is 0.267. The molecule has 0 saturated carbocycles. The summed E-state index contributed by atoms with van der Waals surface area (Å²) in [6.45, 7) is 3.12. The number of aromatic hydroxyl groups is 1. The van der Waals surface area contributed by atoms with Crippen molar-refractivity contribution in [3.05, 3.63) is 42.2 Å². The summed E-state index contributed by atoms with van der Waals surface area (Å²) in [6.07, 6.45) is 1.61. The van der Waals surface area contributed by atoms with E-state index in [1.165, 1.54) is 0 Å². The van der Waals surface area contributed by atoms with Gasteiger partial charge in [0.1, 0.15) is 17.2 Å². The van der Waals surface area contributed by atoms with Crippen molar-refractivity contribution in [1.29, 1.82) is 0 Å². The van der Waals surface area contributed by atoms with Crippen molar-refractivity contribution in [2.24, 2.45) is 4.99 Å². The minimum absolute atomic E-state index is 0.156. The van der Waals surface area contributed by atoms with Crippen molar-refractivity contribution in [1.82, 2.24) is 0 Å². The number of anilines is 1. The number of nitrogens with zero attached hydrogens (tertiary/aromatic N) is 2. The van der Waals surface area contributed by atoms with Gasteiger partial charge in [0.15, 0.2) is 5.88 Å². The van der Waals surface area contributed by atoms with Crippen LogP contribution in [0.5, 0.6) is 5.75 Å². The third-order valence-electron chi connectivity index (χ3n) is 3.15. The molecule has 20 heavy (non-hydrogen) atoms. The molecule has 0 aliphatic carbocycles. The molecule has 5 nitrogen and oxygen atoms in total. The predicted molar refractivity (Wildman–Crippen MR) is 77.1 cm³/mol. The van der Waals surface area contributed by atoms with Gasteiger partial charge in [-0.3, -0.25) is 0 Å². The molecular formula is C15H16N2O3. The van der Waals surface area contributed by atoms with Gasteiger partial charge in [0.2, 0.25) is 0 Å². The summed E-state index contributed by atoms with van der Waals surface area (Å²) in [4.78, 5) is 6.36. The van der Waals surface area contributed by atoms with Crippen LogP contribution in [0.1, 0.15) is 5.76 Å². The predicted octanol–water partition coefficient (Wildman–Crippen LogP) is 2.57. The summed E-state index contributed by atoms with van der Waals surface area (Å²) >= 11 is 0. The number of phenolic OH excluding ortho intramolecular Hbond substituents is 1. The Bertz CT molecular complexity index is 601. The fourth-order valence-corrected chi connectivity index (χ4v) is 2.07. The van der Waals surface area contributed by atoms with Crippen LogP contribution in [0.3, 0.4) is 0 Å². The first kappa shape index (κ1) is 12.7. The van der Waals surface area contributed by atoms with Crippen molar-refractivity contribution in [3.63, 3.8) is 0 Å². The van der Waals surface area contributed by atoms with Gasteiger partial charge in [0.05, 0.1) is 19.4 Å². The number of morpholine rings is 1. The summed E-state index contributed by atoms with van der Waals surface area (Å²) < 4.78 is 11.0. The molecule has 1 fully saturated rings. The van der Waals surface area contributed by atoms with Crippen LogP contribution in [0.15, 0.2) is 45.8 Å². The number of hydrogen-bond donors (Lipinski definition) is 1. The molecule has 1 aromatic heterocycles. The Balaban J connectivity index is 1.72. The van der Waals surface area contributed by atoms with Crippen molar-refractivity contribution in [2.75, 3.05) is 31.2 Å². The first-order valence-electron chi connectivity index (χ1n) is 6.57. The molecule has 1 aliphatic rings. The zero-order valence-corrected chi connectivity index (χ0v) is 11.0. The van der Waals surface area contributed by atoms with E-state index < -0.39 is 0 Å². The van der Waals surface area contributed by atoms with E-state index in [4.69, 9.17) is 9.15 Å². The summed E-state index contributed by atoms with van der Waals surface area (Å²) in [5.41, 5.74) is 0.525. The number of furan rings is 1. The summed E-state index contributed by atoms with van der Waals surface area (Å²) in [6, 6.07) is 10.7. The molecule has 1 saturated heterocycles. The Morgan fingerprint density at radius 3 is 2.70 bits per heavy atom. The Morgan fingerprint density at radius 2 is 1.90 bits per heavy atom. The van der Waals surface area contributed by atoms with Gasteiger partial charge in [-0.25, -0.2) is 4.99 Å². The van der Waals surface area contributed by atoms with Gasteiger partial charge < -0.3 is 19.2 Å². The van der Waals surface area contributed by atoms with E-state index in [2.05, 4.69) is 9.89 Å². The molecule has 1 N–H and O–H groups in total. The van der Waals surface area contributed by atoms with Gasteiger partial charge in [-0.05, 0) is 18.2 Å². The highest BCUT2D eigenvalue weighted by atomic mass is 16.5. The number of aliphatic imine (C=N–C) groups is 1. The summed E-state index contributed by atoms with van der Waals surface area (Å²) in [5.74, 6) is 1.64. The minimum Gasteiger partial charge on any atom is -0.506 e. The highest BCUT2D eigenvalue weighted by Gasteiger charge is 2.14. The first-order chi connectivity index (χ1) is 9.83. The van der Waals surface area contributed by atoms with Gasteiger partial charge in [-0.2, -0.15) is 0 Å². The Hall–Kier alpha value is -2.27. The number of phenols is 1. The summed E-state index contributed by atoms with van der Waals surface area (Å²) in [5, 5.41) is 9.63. The van der Waals surface area contributed by atoms with E-state index in [-0.39, 0.29) is 5.75 Å². The molecule has 0 amide bonds. The van der Waals surface area contributed by atoms with Crippen LogP contribution < -0.4 is 4.90 Å². The van der Waals surface area contributed by atoms with E-state index in [0.717, 1.165) is 32.2 Å². The molecule has 1 aromatic carbocycles. The van der Waals surface area contributed by atoms with Gasteiger partial charge in [0.25, 0.3) is 0 Å². The molecule has 0 radical (unpaired) electrons. The molecule has 1 aliphatic heterocycles. The lowest BCUT2D eigenvalue weighted by atomic mass is 10.3. The zero-order chi connectivity index (χ0) is 13.8. The zero-order valence-electron chi connectivity index (χ0n) is 11.0. The van der Waals surface area contributed by atoms with Crippen LogP contribution in [-0.2, 0) is 4.74 Å². The van der Waals surface area contributed by atoms with Gasteiger partial charge in [0, 0.05) is 19.2 Å². The Kier molecular flexibility index (Phi) is 3.69. The van der Waals surface area contributed by atoms with Crippen LogP contribution in [0, 0.1) is 0 Å².